The van der Waals surface area contributed by atoms with Crippen molar-refractivity contribution in [1.82, 2.24) is 4.90 Å². The van der Waals surface area contributed by atoms with E-state index in [1.54, 1.807) is 4.90 Å². The lowest BCUT2D eigenvalue weighted by molar-refractivity contribution is 0.0136. The Morgan fingerprint density at radius 3 is 1.92 bits per heavy atom. The highest BCUT2D eigenvalue weighted by Crippen LogP contribution is 2.40. The second kappa shape index (κ2) is 7.99. The number of carbonyl (C=O) groups is 1. The third-order valence-electron chi connectivity index (χ3n) is 5.92. The highest BCUT2D eigenvalue weighted by molar-refractivity contribution is 6.74. The fraction of sp³-hybridized carbons (Fsp3) is 0.950. The second-order valence-electron chi connectivity index (χ2n) is 10.2. The third kappa shape index (κ3) is 6.59. The topological polar surface area (TPSA) is 38.8 Å². The van der Waals surface area contributed by atoms with Crippen LogP contribution in [0.5, 0.6) is 0 Å². The summed E-state index contributed by atoms with van der Waals surface area (Å²) < 4.78 is 12.1. The van der Waals surface area contributed by atoms with Crippen LogP contribution in [0.2, 0.25) is 18.1 Å². The summed E-state index contributed by atoms with van der Waals surface area (Å²) in [5.74, 6) is 0.595. The Morgan fingerprint density at radius 1 is 1.04 bits per heavy atom. The van der Waals surface area contributed by atoms with Crippen molar-refractivity contribution in [3.8, 4) is 0 Å². The number of hydrogen-bond acceptors (Lipinski definition) is 3. The maximum Gasteiger partial charge on any atom is 0.410 e. The van der Waals surface area contributed by atoms with E-state index in [1.165, 1.54) is 0 Å². The Labute approximate surface area is 156 Å². The first kappa shape index (κ1) is 22.5. The van der Waals surface area contributed by atoms with Gasteiger partial charge < -0.3 is 14.1 Å². The van der Waals surface area contributed by atoms with E-state index in [0.29, 0.717) is 12.0 Å². The van der Waals surface area contributed by atoms with E-state index in [2.05, 4.69) is 40.8 Å². The zero-order valence-corrected chi connectivity index (χ0v) is 19.2. The van der Waals surface area contributed by atoms with Crippen LogP contribution in [-0.2, 0) is 9.16 Å². The first-order valence-corrected chi connectivity index (χ1v) is 12.7. The molecule has 0 heterocycles. The highest BCUT2D eigenvalue weighted by atomic mass is 28.4. The Balaban J connectivity index is 2.54. The predicted octanol–water partition coefficient (Wildman–Crippen LogP) is 5.82. The van der Waals surface area contributed by atoms with Gasteiger partial charge in [-0.2, -0.15) is 0 Å². The van der Waals surface area contributed by atoms with E-state index >= 15 is 0 Å². The van der Waals surface area contributed by atoms with Gasteiger partial charge in [0.25, 0.3) is 0 Å². The molecule has 148 valence electrons. The smallest absolute Gasteiger partial charge is 0.410 e. The monoisotopic (exact) mass is 371 g/mol. The van der Waals surface area contributed by atoms with Crippen LogP contribution in [0.15, 0.2) is 0 Å². The molecule has 1 aliphatic carbocycles. The van der Waals surface area contributed by atoms with Crippen LogP contribution >= 0.6 is 0 Å². The van der Waals surface area contributed by atoms with Crippen molar-refractivity contribution in [3.63, 3.8) is 0 Å². The molecule has 1 unspecified atom stereocenters. The molecule has 0 aromatic carbocycles. The minimum Gasteiger partial charge on any atom is -0.444 e. The van der Waals surface area contributed by atoms with Gasteiger partial charge in [0.2, 0.25) is 0 Å². The molecule has 0 radical (unpaired) electrons. The van der Waals surface area contributed by atoms with Crippen LogP contribution in [-0.4, -0.2) is 44.1 Å². The molecule has 0 aromatic rings. The summed E-state index contributed by atoms with van der Waals surface area (Å²) in [4.78, 5) is 14.0. The maximum absolute atomic E-state index is 12.3. The lowest BCUT2D eigenvalue weighted by Gasteiger charge is -2.42. The van der Waals surface area contributed by atoms with E-state index in [9.17, 15) is 4.79 Å². The van der Waals surface area contributed by atoms with Crippen LogP contribution in [0.4, 0.5) is 4.79 Å². The Kier molecular flexibility index (Phi) is 7.19. The van der Waals surface area contributed by atoms with Crippen molar-refractivity contribution >= 4 is 14.4 Å². The van der Waals surface area contributed by atoms with Crippen LogP contribution in [0.3, 0.4) is 0 Å². The van der Waals surface area contributed by atoms with Gasteiger partial charge in [-0.25, -0.2) is 4.79 Å². The molecule has 4 nitrogen and oxygen atoms in total. The normalized spacial score (nSPS) is 23.9. The Bertz CT molecular complexity index is 443. The lowest BCUT2D eigenvalue weighted by atomic mass is 9.83. The molecule has 1 atom stereocenters. The van der Waals surface area contributed by atoms with Crippen molar-refractivity contribution in [2.24, 2.45) is 5.92 Å². The minimum absolute atomic E-state index is 0.207. The summed E-state index contributed by atoms with van der Waals surface area (Å²) in [6.45, 7) is 19.5. The Morgan fingerprint density at radius 2 is 1.52 bits per heavy atom. The average molecular weight is 372 g/mol. The molecule has 0 spiro atoms. The fourth-order valence-electron chi connectivity index (χ4n) is 3.18. The lowest BCUT2D eigenvalue weighted by Crippen LogP contribution is -2.47. The van der Waals surface area contributed by atoms with Gasteiger partial charge in [0.1, 0.15) is 5.60 Å². The number of hydrogen-bond donors (Lipinski definition) is 0. The van der Waals surface area contributed by atoms with Crippen molar-refractivity contribution in [1.29, 1.82) is 0 Å². The molecule has 1 aliphatic rings. The van der Waals surface area contributed by atoms with Gasteiger partial charge in [-0.3, -0.25) is 0 Å². The summed E-state index contributed by atoms with van der Waals surface area (Å²) in [6.07, 6.45) is 4.40. The third-order valence-corrected chi connectivity index (χ3v) is 10.5. The van der Waals surface area contributed by atoms with Crippen LogP contribution in [0, 0.1) is 5.92 Å². The SMILES string of the molecule is CC(O[Si](C)(C)C(C)(C)C)[C@H]1CC[C@H](N(C)C(=O)OC(C)(C)C)CC1. The summed E-state index contributed by atoms with van der Waals surface area (Å²) in [7, 11) is 0.150. The number of nitrogens with zero attached hydrogens (tertiary/aromatic N) is 1. The van der Waals surface area contributed by atoms with Gasteiger partial charge in [0.15, 0.2) is 8.32 Å². The van der Waals surface area contributed by atoms with E-state index < -0.39 is 13.9 Å². The first-order valence-electron chi connectivity index (χ1n) is 9.77. The van der Waals surface area contributed by atoms with E-state index in [-0.39, 0.29) is 17.2 Å². The van der Waals surface area contributed by atoms with Crippen molar-refractivity contribution in [2.75, 3.05) is 7.05 Å². The van der Waals surface area contributed by atoms with Crippen LogP contribution < -0.4 is 0 Å². The summed E-state index contributed by atoms with van der Waals surface area (Å²) in [6, 6.07) is 0.283. The standard InChI is InChI=1S/C20H41NO3Si/c1-15(24-25(9,10)20(5,6)7)16-11-13-17(14-12-16)21(8)18(22)23-19(2,3)4/h15-17H,11-14H2,1-10H3/t15?,16-,17-. The predicted molar refractivity (Wildman–Crippen MR) is 107 cm³/mol. The van der Waals surface area contributed by atoms with Crippen molar-refractivity contribution in [3.05, 3.63) is 0 Å². The molecule has 0 aliphatic heterocycles. The van der Waals surface area contributed by atoms with E-state index in [0.717, 1.165) is 25.7 Å². The molecule has 0 aromatic heterocycles. The van der Waals surface area contributed by atoms with Gasteiger partial charge in [-0.1, -0.05) is 20.8 Å². The van der Waals surface area contributed by atoms with Gasteiger partial charge >= 0.3 is 6.09 Å². The van der Waals surface area contributed by atoms with Gasteiger partial charge in [0.05, 0.1) is 0 Å². The van der Waals surface area contributed by atoms with E-state index in [4.69, 9.17) is 9.16 Å². The largest absolute Gasteiger partial charge is 0.444 e. The summed E-state index contributed by atoms with van der Waals surface area (Å²) in [5.41, 5.74) is -0.436. The average Bonchev–Trinajstić information content (AvgIpc) is 2.43. The summed E-state index contributed by atoms with van der Waals surface area (Å²) in [5, 5.41) is 0.245. The van der Waals surface area contributed by atoms with Crippen molar-refractivity contribution in [2.45, 2.75) is 110 Å². The quantitative estimate of drug-likeness (QED) is 0.584. The second-order valence-corrected chi connectivity index (χ2v) is 15.0. The zero-order valence-electron chi connectivity index (χ0n) is 18.2. The molecular weight excluding hydrogens is 330 g/mol. The summed E-state index contributed by atoms with van der Waals surface area (Å²) >= 11 is 0. The minimum atomic E-state index is -1.72. The maximum atomic E-state index is 12.3. The molecule has 5 heteroatoms. The number of carbonyl (C=O) groups excluding carboxylic acids is 1. The number of ether oxygens (including phenoxy) is 1. The Hall–Kier alpha value is -0.553. The molecule has 1 saturated carbocycles. The molecule has 0 N–H and O–H groups in total. The van der Waals surface area contributed by atoms with Crippen LogP contribution in [0.1, 0.15) is 74.1 Å². The molecular formula is C20H41NO3Si. The van der Waals surface area contributed by atoms with Gasteiger partial charge in [-0.05, 0) is 77.4 Å². The fourth-order valence-corrected chi connectivity index (χ4v) is 4.65. The van der Waals surface area contributed by atoms with E-state index in [1.807, 2.05) is 27.8 Å². The van der Waals surface area contributed by atoms with Crippen molar-refractivity contribution < 1.29 is 14.0 Å². The number of rotatable bonds is 4. The first-order chi connectivity index (χ1) is 11.1. The van der Waals surface area contributed by atoms with Gasteiger partial charge in [0, 0.05) is 19.2 Å². The molecule has 0 bridgehead atoms. The molecule has 25 heavy (non-hydrogen) atoms. The molecule has 0 saturated heterocycles. The molecule has 1 amide bonds. The van der Waals surface area contributed by atoms with Crippen LogP contribution in [0.25, 0.3) is 0 Å². The number of amides is 1. The molecule has 1 rings (SSSR count). The zero-order chi connectivity index (χ0) is 19.6. The molecule has 1 fully saturated rings. The van der Waals surface area contributed by atoms with Gasteiger partial charge in [-0.15, -0.1) is 0 Å². The highest BCUT2D eigenvalue weighted by Gasteiger charge is 2.40.